The van der Waals surface area contributed by atoms with Gasteiger partial charge in [-0.3, -0.25) is 4.98 Å². The largest absolute Gasteiger partial charge is 0.256 e. The average molecular weight is 420 g/mol. The van der Waals surface area contributed by atoms with Gasteiger partial charge in [0.2, 0.25) is 0 Å². The van der Waals surface area contributed by atoms with Gasteiger partial charge in [-0.2, -0.15) is 0 Å². The van der Waals surface area contributed by atoms with Gasteiger partial charge in [-0.25, -0.2) is 9.97 Å². The lowest BCUT2D eigenvalue weighted by molar-refractivity contribution is 1.18. The van der Waals surface area contributed by atoms with E-state index in [9.17, 15) is 0 Å². The number of aromatic nitrogens is 3. The maximum atomic E-state index is 6.48. The molecule has 0 spiro atoms. The second-order valence-corrected chi connectivity index (χ2v) is 7.57. The highest BCUT2D eigenvalue weighted by molar-refractivity contribution is 6.31. The van der Waals surface area contributed by atoms with Gasteiger partial charge in [0.15, 0.2) is 5.82 Å². The standard InChI is InChI=1S/C27H18ClN3/c28-23-16-21(24-13-7-8-14-29-24)15-22(17-23)27-30-25(19-9-3-1-4-10-19)18-26(31-27)20-11-5-2-6-12-20/h1-18H. The van der Waals surface area contributed by atoms with E-state index in [1.54, 1.807) is 6.20 Å². The Balaban J connectivity index is 1.70. The van der Waals surface area contributed by atoms with Crippen LogP contribution in [0.25, 0.3) is 45.2 Å². The SMILES string of the molecule is Clc1cc(-c2ccccn2)cc(-c2nc(-c3ccccc3)cc(-c3ccccc3)n2)c1. The molecule has 148 valence electrons. The van der Waals surface area contributed by atoms with Crippen molar-refractivity contribution in [3.8, 4) is 45.2 Å². The number of hydrogen-bond acceptors (Lipinski definition) is 3. The molecule has 2 heterocycles. The van der Waals surface area contributed by atoms with Crippen LogP contribution in [0.15, 0.2) is 109 Å². The van der Waals surface area contributed by atoms with Crippen LogP contribution in [-0.2, 0) is 0 Å². The third-order valence-electron chi connectivity index (χ3n) is 4.98. The third kappa shape index (κ3) is 4.23. The molecule has 0 aliphatic rings. The van der Waals surface area contributed by atoms with Crippen molar-refractivity contribution in [1.82, 2.24) is 15.0 Å². The van der Waals surface area contributed by atoms with Crippen molar-refractivity contribution >= 4 is 11.6 Å². The van der Waals surface area contributed by atoms with Gasteiger partial charge in [-0.05, 0) is 36.4 Å². The van der Waals surface area contributed by atoms with Gasteiger partial charge in [-0.1, -0.05) is 78.3 Å². The molecular formula is C27H18ClN3. The first kappa shape index (κ1) is 19.2. The van der Waals surface area contributed by atoms with E-state index < -0.39 is 0 Å². The number of halogens is 1. The molecule has 0 aliphatic heterocycles. The van der Waals surface area contributed by atoms with Crippen LogP contribution in [0.5, 0.6) is 0 Å². The fourth-order valence-corrected chi connectivity index (χ4v) is 3.73. The quantitative estimate of drug-likeness (QED) is 0.309. The molecule has 2 aromatic heterocycles. The summed E-state index contributed by atoms with van der Waals surface area (Å²) in [7, 11) is 0. The minimum Gasteiger partial charge on any atom is -0.256 e. The summed E-state index contributed by atoms with van der Waals surface area (Å²) in [4.78, 5) is 14.2. The molecule has 4 heteroatoms. The van der Waals surface area contributed by atoms with Crippen molar-refractivity contribution in [3.63, 3.8) is 0 Å². The van der Waals surface area contributed by atoms with Crippen molar-refractivity contribution in [1.29, 1.82) is 0 Å². The Bertz CT molecular complexity index is 1260. The summed E-state index contributed by atoms with van der Waals surface area (Å²) in [6.45, 7) is 0. The zero-order chi connectivity index (χ0) is 21.0. The third-order valence-corrected chi connectivity index (χ3v) is 5.20. The molecule has 0 fully saturated rings. The lowest BCUT2D eigenvalue weighted by Crippen LogP contribution is -1.96. The van der Waals surface area contributed by atoms with E-state index in [4.69, 9.17) is 21.6 Å². The molecule has 0 bridgehead atoms. The van der Waals surface area contributed by atoms with Gasteiger partial charge in [0, 0.05) is 33.5 Å². The lowest BCUT2D eigenvalue weighted by Gasteiger charge is -2.11. The first-order valence-corrected chi connectivity index (χ1v) is 10.4. The first-order valence-electron chi connectivity index (χ1n) is 9.98. The lowest BCUT2D eigenvalue weighted by atomic mass is 10.0. The average Bonchev–Trinajstić information content (AvgIpc) is 2.85. The minimum absolute atomic E-state index is 0.619. The molecule has 3 nitrogen and oxygen atoms in total. The van der Waals surface area contributed by atoms with Crippen molar-refractivity contribution < 1.29 is 0 Å². The smallest absolute Gasteiger partial charge is 0.160 e. The van der Waals surface area contributed by atoms with Crippen molar-refractivity contribution in [2.24, 2.45) is 0 Å². The minimum atomic E-state index is 0.619. The Hall–Kier alpha value is -3.82. The van der Waals surface area contributed by atoms with Crippen LogP contribution in [0.1, 0.15) is 0 Å². The van der Waals surface area contributed by atoms with E-state index in [-0.39, 0.29) is 0 Å². The van der Waals surface area contributed by atoms with Crippen LogP contribution < -0.4 is 0 Å². The highest BCUT2D eigenvalue weighted by Crippen LogP contribution is 2.31. The van der Waals surface area contributed by atoms with Gasteiger partial charge in [0.25, 0.3) is 0 Å². The van der Waals surface area contributed by atoms with Crippen LogP contribution in [0.4, 0.5) is 0 Å². The highest BCUT2D eigenvalue weighted by Gasteiger charge is 2.12. The van der Waals surface area contributed by atoms with Crippen LogP contribution in [0.2, 0.25) is 5.02 Å². The van der Waals surface area contributed by atoms with Gasteiger partial charge in [0.1, 0.15) is 0 Å². The molecule has 31 heavy (non-hydrogen) atoms. The maximum absolute atomic E-state index is 6.48. The van der Waals surface area contributed by atoms with Gasteiger partial charge < -0.3 is 0 Å². The summed E-state index contributed by atoms with van der Waals surface area (Å²) in [6, 6.07) is 33.9. The summed E-state index contributed by atoms with van der Waals surface area (Å²) in [5.41, 5.74) is 6.44. The van der Waals surface area contributed by atoms with E-state index in [0.717, 1.165) is 39.3 Å². The Morgan fingerprint density at radius 1 is 0.484 bits per heavy atom. The molecule has 3 aromatic carbocycles. The van der Waals surface area contributed by atoms with Crippen LogP contribution >= 0.6 is 11.6 Å². The molecule has 0 unspecified atom stereocenters. The van der Waals surface area contributed by atoms with Crippen LogP contribution in [-0.4, -0.2) is 15.0 Å². The molecule has 5 aromatic rings. The molecule has 0 N–H and O–H groups in total. The van der Waals surface area contributed by atoms with E-state index in [1.807, 2.05) is 78.9 Å². The van der Waals surface area contributed by atoms with Crippen molar-refractivity contribution in [2.45, 2.75) is 0 Å². The Labute approximate surface area is 186 Å². The fourth-order valence-electron chi connectivity index (χ4n) is 3.49. The highest BCUT2D eigenvalue weighted by atomic mass is 35.5. The molecular weight excluding hydrogens is 402 g/mol. The predicted octanol–water partition coefficient (Wildman–Crippen LogP) is 7.19. The second-order valence-electron chi connectivity index (χ2n) is 7.14. The van der Waals surface area contributed by atoms with E-state index in [1.165, 1.54) is 0 Å². The molecule has 0 aliphatic carbocycles. The van der Waals surface area contributed by atoms with E-state index in [0.29, 0.717) is 10.8 Å². The second kappa shape index (κ2) is 8.50. The normalized spacial score (nSPS) is 10.7. The summed E-state index contributed by atoms with van der Waals surface area (Å²) in [5.74, 6) is 0.625. The van der Waals surface area contributed by atoms with Crippen LogP contribution in [0, 0.1) is 0 Å². The number of pyridine rings is 1. The van der Waals surface area contributed by atoms with Crippen molar-refractivity contribution in [3.05, 3.63) is 114 Å². The summed E-state index contributed by atoms with van der Waals surface area (Å²) in [5, 5.41) is 0.619. The molecule has 0 atom stereocenters. The van der Waals surface area contributed by atoms with Gasteiger partial charge in [0.05, 0.1) is 17.1 Å². The molecule has 0 radical (unpaired) electrons. The molecule has 5 rings (SSSR count). The Morgan fingerprint density at radius 2 is 1.06 bits per heavy atom. The fraction of sp³-hybridized carbons (Fsp3) is 0. The topological polar surface area (TPSA) is 38.7 Å². The van der Waals surface area contributed by atoms with E-state index >= 15 is 0 Å². The molecule has 0 saturated carbocycles. The monoisotopic (exact) mass is 419 g/mol. The number of nitrogens with zero attached hydrogens (tertiary/aromatic N) is 3. The zero-order valence-electron chi connectivity index (χ0n) is 16.6. The van der Waals surface area contributed by atoms with Gasteiger partial charge >= 0.3 is 0 Å². The number of benzene rings is 3. The van der Waals surface area contributed by atoms with E-state index in [2.05, 4.69) is 29.2 Å². The Morgan fingerprint density at radius 3 is 1.65 bits per heavy atom. The first-order chi connectivity index (χ1) is 15.3. The van der Waals surface area contributed by atoms with Crippen molar-refractivity contribution in [2.75, 3.05) is 0 Å². The molecule has 0 amide bonds. The number of rotatable bonds is 4. The summed E-state index contributed by atoms with van der Waals surface area (Å²) >= 11 is 6.48. The summed E-state index contributed by atoms with van der Waals surface area (Å²) in [6.07, 6.45) is 1.77. The van der Waals surface area contributed by atoms with Crippen LogP contribution in [0.3, 0.4) is 0 Å². The zero-order valence-corrected chi connectivity index (χ0v) is 17.4. The Kier molecular flexibility index (Phi) is 5.26. The maximum Gasteiger partial charge on any atom is 0.160 e. The predicted molar refractivity (Wildman–Crippen MR) is 127 cm³/mol. The summed E-state index contributed by atoms with van der Waals surface area (Å²) < 4.78 is 0. The molecule has 0 saturated heterocycles. The number of hydrogen-bond donors (Lipinski definition) is 0. The van der Waals surface area contributed by atoms with Gasteiger partial charge in [-0.15, -0.1) is 0 Å².